The first-order valence-corrected chi connectivity index (χ1v) is 9.19. The highest BCUT2D eigenvalue weighted by atomic mass is 16.5. The van der Waals surface area contributed by atoms with Crippen molar-refractivity contribution in [2.45, 2.75) is 6.54 Å². The topological polar surface area (TPSA) is 58.9 Å². The predicted octanol–water partition coefficient (Wildman–Crippen LogP) is 3.47. The van der Waals surface area contributed by atoms with E-state index in [1.165, 1.54) is 0 Å². The van der Waals surface area contributed by atoms with E-state index in [0.717, 1.165) is 65.6 Å². The molecule has 2 heterocycles. The molecule has 1 aliphatic heterocycles. The van der Waals surface area contributed by atoms with E-state index in [0.29, 0.717) is 6.54 Å². The van der Waals surface area contributed by atoms with Gasteiger partial charge in [-0.3, -0.25) is 0 Å². The van der Waals surface area contributed by atoms with Crippen LogP contribution >= 0.6 is 0 Å². The Balaban J connectivity index is 1.59. The molecule has 1 aromatic heterocycles. The van der Waals surface area contributed by atoms with Gasteiger partial charge in [-0.1, -0.05) is 0 Å². The minimum atomic E-state index is 0.678. The molecular weight excluding hydrogens is 342 g/mol. The molecule has 0 unspecified atom stereocenters. The summed E-state index contributed by atoms with van der Waals surface area (Å²) in [7, 11) is 3.33. The number of benzene rings is 2. The van der Waals surface area contributed by atoms with Crippen LogP contribution in [0.3, 0.4) is 0 Å². The Morgan fingerprint density at radius 2 is 1.78 bits per heavy atom. The highest BCUT2D eigenvalue weighted by molar-refractivity contribution is 5.93. The second-order valence-corrected chi connectivity index (χ2v) is 6.65. The molecule has 6 nitrogen and oxygen atoms in total. The normalized spacial score (nSPS) is 14.4. The molecule has 0 saturated carbocycles. The van der Waals surface area contributed by atoms with Crippen LogP contribution < -0.4 is 25.0 Å². The zero-order chi connectivity index (χ0) is 18.6. The summed E-state index contributed by atoms with van der Waals surface area (Å²) < 4.78 is 16.5. The van der Waals surface area contributed by atoms with Gasteiger partial charge < -0.3 is 29.4 Å². The van der Waals surface area contributed by atoms with Crippen molar-refractivity contribution >= 4 is 22.3 Å². The molecule has 0 spiro atoms. The van der Waals surface area contributed by atoms with Gasteiger partial charge in [-0.2, -0.15) is 0 Å². The fraction of sp³-hybridized carbons (Fsp3) is 0.333. The van der Waals surface area contributed by atoms with Gasteiger partial charge in [-0.15, -0.1) is 0 Å². The van der Waals surface area contributed by atoms with Gasteiger partial charge in [0, 0.05) is 49.9 Å². The molecule has 27 heavy (non-hydrogen) atoms. The Morgan fingerprint density at radius 1 is 1.04 bits per heavy atom. The van der Waals surface area contributed by atoms with Crippen LogP contribution in [0.5, 0.6) is 11.5 Å². The molecule has 0 atom stereocenters. The van der Waals surface area contributed by atoms with Crippen LogP contribution in [-0.2, 0) is 6.54 Å². The summed E-state index contributed by atoms with van der Waals surface area (Å²) in [4.78, 5) is 2.38. The van der Waals surface area contributed by atoms with Gasteiger partial charge in [0.15, 0.2) is 5.58 Å². The van der Waals surface area contributed by atoms with Gasteiger partial charge in [0.2, 0.25) is 0 Å². The first-order valence-electron chi connectivity index (χ1n) is 9.19. The molecule has 1 aliphatic rings. The molecule has 1 fully saturated rings. The van der Waals surface area contributed by atoms with Crippen molar-refractivity contribution in [1.29, 1.82) is 0 Å². The lowest BCUT2D eigenvalue weighted by Crippen LogP contribution is -2.43. The van der Waals surface area contributed by atoms with E-state index in [4.69, 9.17) is 13.9 Å². The van der Waals surface area contributed by atoms with Crippen LogP contribution in [0, 0.1) is 0 Å². The predicted molar refractivity (Wildman–Crippen MR) is 108 cm³/mol. The van der Waals surface area contributed by atoms with E-state index in [1.54, 1.807) is 20.5 Å². The first kappa shape index (κ1) is 17.5. The quantitative estimate of drug-likeness (QED) is 0.696. The standard InChI is InChI=1S/C21H25N3O3/c1-25-18-9-15(10-19(13-18)26-2)14-23-17-11-16-3-8-27-21(16)20(12-17)24-6-4-22-5-7-24/h3,8-13,22-23H,4-7,14H2,1-2H3. The zero-order valence-electron chi connectivity index (χ0n) is 15.7. The van der Waals surface area contributed by atoms with Crippen LogP contribution in [0.4, 0.5) is 11.4 Å². The molecule has 142 valence electrons. The first-order chi connectivity index (χ1) is 13.3. The molecule has 0 aliphatic carbocycles. The lowest BCUT2D eigenvalue weighted by Gasteiger charge is -2.29. The van der Waals surface area contributed by atoms with Gasteiger partial charge in [0.1, 0.15) is 11.5 Å². The van der Waals surface area contributed by atoms with E-state index < -0.39 is 0 Å². The Bertz CT molecular complexity index is 894. The maximum atomic E-state index is 5.76. The summed E-state index contributed by atoms with van der Waals surface area (Å²) in [5.74, 6) is 1.58. The molecule has 3 aromatic rings. The summed E-state index contributed by atoms with van der Waals surface area (Å²) in [6.07, 6.45) is 1.76. The summed E-state index contributed by atoms with van der Waals surface area (Å²) >= 11 is 0. The number of anilines is 2. The number of furan rings is 1. The van der Waals surface area contributed by atoms with E-state index >= 15 is 0 Å². The Kier molecular flexibility index (Phi) is 5.07. The third kappa shape index (κ3) is 3.80. The van der Waals surface area contributed by atoms with Crippen LogP contribution in [-0.4, -0.2) is 40.4 Å². The maximum Gasteiger partial charge on any atom is 0.157 e. The molecule has 6 heteroatoms. The average Bonchev–Trinajstić information content (AvgIpc) is 3.20. The molecule has 4 rings (SSSR count). The van der Waals surface area contributed by atoms with Crippen LogP contribution in [0.15, 0.2) is 47.1 Å². The Labute approximate surface area is 159 Å². The average molecular weight is 367 g/mol. The lowest BCUT2D eigenvalue weighted by atomic mass is 10.1. The zero-order valence-corrected chi connectivity index (χ0v) is 15.7. The number of nitrogens with one attached hydrogen (secondary N) is 2. The molecule has 0 radical (unpaired) electrons. The molecular formula is C21H25N3O3. The Hall–Kier alpha value is -2.86. The summed E-state index contributed by atoms with van der Waals surface area (Å²) in [6.45, 7) is 4.61. The molecule has 0 amide bonds. The van der Waals surface area contributed by atoms with Crippen LogP contribution in [0.2, 0.25) is 0 Å². The second kappa shape index (κ2) is 7.80. The number of fused-ring (bicyclic) bond motifs is 1. The number of hydrogen-bond donors (Lipinski definition) is 2. The van der Waals surface area contributed by atoms with Crippen molar-refractivity contribution in [3.8, 4) is 11.5 Å². The minimum absolute atomic E-state index is 0.678. The number of nitrogens with zero attached hydrogens (tertiary/aromatic N) is 1. The number of ether oxygens (including phenoxy) is 2. The van der Waals surface area contributed by atoms with Gasteiger partial charge in [0.25, 0.3) is 0 Å². The highest BCUT2D eigenvalue weighted by Gasteiger charge is 2.16. The fourth-order valence-electron chi connectivity index (χ4n) is 3.48. The second-order valence-electron chi connectivity index (χ2n) is 6.65. The van der Waals surface area contributed by atoms with Crippen molar-refractivity contribution in [1.82, 2.24) is 5.32 Å². The maximum absolute atomic E-state index is 5.76. The smallest absolute Gasteiger partial charge is 0.157 e. The Morgan fingerprint density at radius 3 is 2.48 bits per heavy atom. The monoisotopic (exact) mass is 367 g/mol. The molecule has 0 bridgehead atoms. The summed E-state index contributed by atoms with van der Waals surface area (Å²) in [5, 5.41) is 8.04. The largest absolute Gasteiger partial charge is 0.497 e. The van der Waals surface area contributed by atoms with Crippen molar-refractivity contribution in [3.63, 3.8) is 0 Å². The third-order valence-electron chi connectivity index (χ3n) is 4.90. The number of rotatable bonds is 6. The van der Waals surface area contributed by atoms with E-state index in [-0.39, 0.29) is 0 Å². The van der Waals surface area contributed by atoms with Crippen LogP contribution in [0.25, 0.3) is 11.0 Å². The van der Waals surface area contributed by atoms with Gasteiger partial charge in [-0.25, -0.2) is 0 Å². The lowest BCUT2D eigenvalue weighted by molar-refractivity contribution is 0.393. The van der Waals surface area contributed by atoms with E-state index in [1.807, 2.05) is 24.3 Å². The number of methoxy groups -OCH3 is 2. The van der Waals surface area contributed by atoms with Crippen molar-refractivity contribution in [2.75, 3.05) is 50.6 Å². The van der Waals surface area contributed by atoms with Crippen molar-refractivity contribution < 1.29 is 13.9 Å². The summed E-state index contributed by atoms with van der Waals surface area (Å²) in [6, 6.07) is 12.2. The third-order valence-corrected chi connectivity index (χ3v) is 4.90. The minimum Gasteiger partial charge on any atom is -0.497 e. The SMILES string of the molecule is COc1cc(CNc2cc(N3CCNCC3)c3occc3c2)cc(OC)c1. The fourth-order valence-corrected chi connectivity index (χ4v) is 3.48. The van der Waals surface area contributed by atoms with Crippen molar-refractivity contribution in [2.24, 2.45) is 0 Å². The van der Waals surface area contributed by atoms with Crippen LogP contribution in [0.1, 0.15) is 5.56 Å². The number of piperazine rings is 1. The summed E-state index contributed by atoms with van der Waals surface area (Å²) in [5.41, 5.74) is 4.26. The number of hydrogen-bond acceptors (Lipinski definition) is 6. The van der Waals surface area contributed by atoms with E-state index in [2.05, 4.69) is 27.7 Å². The molecule has 1 saturated heterocycles. The molecule has 2 N–H and O–H groups in total. The van der Waals surface area contributed by atoms with E-state index in [9.17, 15) is 0 Å². The van der Waals surface area contributed by atoms with Gasteiger partial charge >= 0.3 is 0 Å². The van der Waals surface area contributed by atoms with Gasteiger partial charge in [-0.05, 0) is 35.9 Å². The molecule has 2 aromatic carbocycles. The van der Waals surface area contributed by atoms with Crippen molar-refractivity contribution in [3.05, 3.63) is 48.2 Å². The highest BCUT2D eigenvalue weighted by Crippen LogP contribution is 2.32. The van der Waals surface area contributed by atoms with Gasteiger partial charge in [0.05, 0.1) is 26.2 Å².